The van der Waals surface area contributed by atoms with Gasteiger partial charge in [-0.3, -0.25) is 4.57 Å². The van der Waals surface area contributed by atoms with Gasteiger partial charge in [-0.25, -0.2) is 4.99 Å². The first-order valence-electron chi connectivity index (χ1n) is 8.49. The fraction of sp³-hybridized carbons (Fsp3) is 0.143. The lowest BCUT2D eigenvalue weighted by atomic mass is 10.1. The van der Waals surface area contributed by atoms with Gasteiger partial charge >= 0.3 is 0 Å². The average molecular weight is 392 g/mol. The summed E-state index contributed by atoms with van der Waals surface area (Å²) in [5.74, 6) is 1.32. The second-order valence-electron chi connectivity index (χ2n) is 5.86. The minimum atomic E-state index is 0.392. The Balaban J connectivity index is 2.37. The van der Waals surface area contributed by atoms with E-state index >= 15 is 0 Å². The third-order valence-corrected chi connectivity index (χ3v) is 4.92. The van der Waals surface area contributed by atoms with E-state index in [1.54, 1.807) is 21.1 Å². The molecule has 0 aliphatic carbocycles. The van der Waals surface area contributed by atoms with Gasteiger partial charge in [0.1, 0.15) is 23.3 Å². The van der Waals surface area contributed by atoms with Crippen LogP contribution in [0, 0.1) is 11.3 Å². The lowest BCUT2D eigenvalue weighted by Gasteiger charge is -2.13. The number of para-hydroxylation sites is 4. The standard InChI is InChI=1S/C21H20N4O2S/c1-14(23)15(12-22)18-13-28-21(24-16-8-4-6-10-19(16)26-2)25(18)17-9-5-7-11-20(17)27-3/h4-11,13H,23H2,1-3H3/b15-14+,24-21?. The Kier molecular flexibility index (Phi) is 5.82. The van der Waals surface area contributed by atoms with Crippen LogP contribution in [-0.2, 0) is 0 Å². The molecule has 2 aromatic carbocycles. The van der Waals surface area contributed by atoms with Crippen molar-refractivity contribution in [2.75, 3.05) is 14.2 Å². The van der Waals surface area contributed by atoms with E-state index in [1.807, 2.05) is 58.5 Å². The van der Waals surface area contributed by atoms with Crippen molar-refractivity contribution in [2.45, 2.75) is 6.92 Å². The number of aromatic nitrogens is 1. The van der Waals surface area contributed by atoms with Crippen molar-refractivity contribution in [3.05, 3.63) is 70.1 Å². The van der Waals surface area contributed by atoms with E-state index in [2.05, 4.69) is 6.07 Å². The van der Waals surface area contributed by atoms with E-state index in [1.165, 1.54) is 11.3 Å². The van der Waals surface area contributed by atoms with Gasteiger partial charge in [0.2, 0.25) is 0 Å². The Morgan fingerprint density at radius 3 is 2.36 bits per heavy atom. The molecule has 2 N–H and O–H groups in total. The predicted molar refractivity (Wildman–Crippen MR) is 111 cm³/mol. The van der Waals surface area contributed by atoms with Crippen LogP contribution in [0.1, 0.15) is 12.6 Å². The van der Waals surface area contributed by atoms with Gasteiger partial charge in [0.25, 0.3) is 0 Å². The first-order chi connectivity index (χ1) is 13.6. The summed E-state index contributed by atoms with van der Waals surface area (Å²) >= 11 is 1.41. The maximum absolute atomic E-state index is 9.65. The van der Waals surface area contributed by atoms with Crippen LogP contribution in [0.3, 0.4) is 0 Å². The van der Waals surface area contributed by atoms with Gasteiger partial charge in [-0.2, -0.15) is 5.26 Å². The molecule has 28 heavy (non-hydrogen) atoms. The fourth-order valence-corrected chi connectivity index (χ4v) is 3.68. The molecule has 1 aromatic heterocycles. The molecule has 142 valence electrons. The van der Waals surface area contributed by atoms with Gasteiger partial charge in [0.15, 0.2) is 4.80 Å². The number of hydrogen-bond donors (Lipinski definition) is 1. The van der Waals surface area contributed by atoms with E-state index in [4.69, 9.17) is 20.2 Å². The molecule has 7 heteroatoms. The van der Waals surface area contributed by atoms with Crippen molar-refractivity contribution in [1.29, 1.82) is 5.26 Å². The van der Waals surface area contributed by atoms with Crippen LogP contribution in [0.4, 0.5) is 5.69 Å². The van der Waals surface area contributed by atoms with Gasteiger partial charge in [0.05, 0.1) is 31.2 Å². The zero-order chi connectivity index (χ0) is 20.1. The molecule has 0 fully saturated rings. The molecule has 0 radical (unpaired) electrons. The number of nitrogens with two attached hydrogens (primary N) is 1. The molecular weight excluding hydrogens is 372 g/mol. The number of thiazole rings is 1. The van der Waals surface area contributed by atoms with Gasteiger partial charge in [0, 0.05) is 11.1 Å². The zero-order valence-corrected chi connectivity index (χ0v) is 16.7. The Morgan fingerprint density at radius 2 is 1.71 bits per heavy atom. The van der Waals surface area contributed by atoms with Gasteiger partial charge < -0.3 is 15.2 Å². The normalized spacial score (nSPS) is 12.3. The maximum atomic E-state index is 9.65. The van der Waals surface area contributed by atoms with Crippen LogP contribution in [0.5, 0.6) is 11.5 Å². The highest BCUT2D eigenvalue weighted by molar-refractivity contribution is 7.07. The molecule has 0 saturated heterocycles. The summed E-state index contributed by atoms with van der Waals surface area (Å²) in [6.45, 7) is 1.71. The van der Waals surface area contributed by atoms with Gasteiger partial charge in [-0.1, -0.05) is 24.3 Å². The largest absolute Gasteiger partial charge is 0.495 e. The minimum Gasteiger partial charge on any atom is -0.495 e. The number of nitrogens with zero attached hydrogens (tertiary/aromatic N) is 3. The number of allylic oxidation sites excluding steroid dienone is 2. The summed E-state index contributed by atoms with van der Waals surface area (Å²) < 4.78 is 12.8. The molecule has 3 rings (SSSR count). The lowest BCUT2D eigenvalue weighted by molar-refractivity contribution is 0.412. The molecule has 0 aliphatic rings. The summed E-state index contributed by atoms with van der Waals surface area (Å²) in [7, 11) is 3.22. The minimum absolute atomic E-state index is 0.392. The third-order valence-electron chi connectivity index (χ3n) is 4.10. The van der Waals surface area contributed by atoms with Crippen molar-refractivity contribution >= 4 is 22.6 Å². The topological polar surface area (TPSA) is 85.6 Å². The highest BCUT2D eigenvalue weighted by atomic mass is 32.1. The van der Waals surface area contributed by atoms with E-state index < -0.39 is 0 Å². The zero-order valence-electron chi connectivity index (χ0n) is 15.8. The molecule has 6 nitrogen and oxygen atoms in total. The third kappa shape index (κ3) is 3.63. The Hall–Kier alpha value is -3.50. The monoisotopic (exact) mass is 392 g/mol. The van der Waals surface area contributed by atoms with E-state index in [-0.39, 0.29) is 0 Å². The molecule has 0 aliphatic heterocycles. The highest BCUT2D eigenvalue weighted by Crippen LogP contribution is 2.29. The molecule has 0 saturated carbocycles. The Labute approximate surface area is 167 Å². The Bertz CT molecular complexity index is 1130. The molecule has 3 aromatic rings. The number of hydrogen-bond acceptors (Lipinski definition) is 6. The molecule has 0 bridgehead atoms. The van der Waals surface area contributed by atoms with Crippen molar-refractivity contribution in [1.82, 2.24) is 4.57 Å². The van der Waals surface area contributed by atoms with Crippen LogP contribution < -0.4 is 20.0 Å². The summed E-state index contributed by atoms with van der Waals surface area (Å²) in [6.07, 6.45) is 0. The van der Waals surface area contributed by atoms with Crippen molar-refractivity contribution < 1.29 is 9.47 Å². The highest BCUT2D eigenvalue weighted by Gasteiger charge is 2.17. The van der Waals surface area contributed by atoms with E-state index in [9.17, 15) is 5.26 Å². The van der Waals surface area contributed by atoms with Gasteiger partial charge in [-0.15, -0.1) is 11.3 Å². The quantitative estimate of drug-likeness (QED) is 0.665. The number of nitriles is 1. The SMILES string of the molecule is COc1ccccc1N=c1scc(/C(C#N)=C(\C)N)n1-c1ccccc1OC. The molecule has 0 spiro atoms. The predicted octanol–water partition coefficient (Wildman–Crippen LogP) is 4.00. The number of methoxy groups -OCH3 is 2. The molecule has 0 unspecified atom stereocenters. The van der Waals surface area contributed by atoms with E-state index in [0.29, 0.717) is 39.0 Å². The fourth-order valence-electron chi connectivity index (χ4n) is 2.78. The van der Waals surface area contributed by atoms with E-state index in [0.717, 1.165) is 5.69 Å². The molecule has 1 heterocycles. The number of rotatable bonds is 5. The first-order valence-corrected chi connectivity index (χ1v) is 9.37. The number of ether oxygens (including phenoxy) is 2. The average Bonchev–Trinajstić information content (AvgIpc) is 3.11. The lowest BCUT2D eigenvalue weighted by Crippen LogP contribution is -2.16. The first kappa shape index (κ1) is 19.3. The number of benzene rings is 2. The summed E-state index contributed by atoms with van der Waals surface area (Å²) in [6, 6.07) is 17.3. The van der Waals surface area contributed by atoms with Crippen molar-refractivity contribution in [3.8, 4) is 23.3 Å². The second-order valence-corrected chi connectivity index (χ2v) is 6.70. The summed E-state index contributed by atoms with van der Waals surface area (Å²) in [5.41, 5.74) is 8.92. The smallest absolute Gasteiger partial charge is 0.195 e. The van der Waals surface area contributed by atoms with Crippen molar-refractivity contribution in [3.63, 3.8) is 0 Å². The molecule has 0 amide bonds. The van der Waals surface area contributed by atoms with Gasteiger partial charge in [-0.05, 0) is 31.2 Å². The summed E-state index contributed by atoms with van der Waals surface area (Å²) in [4.78, 5) is 5.45. The maximum Gasteiger partial charge on any atom is 0.195 e. The Morgan fingerprint density at radius 1 is 1.07 bits per heavy atom. The molecule has 0 atom stereocenters. The van der Waals surface area contributed by atoms with Crippen LogP contribution in [-0.4, -0.2) is 18.8 Å². The molecular formula is C21H20N4O2S. The second kappa shape index (κ2) is 8.46. The van der Waals surface area contributed by atoms with Crippen LogP contribution in [0.25, 0.3) is 11.3 Å². The van der Waals surface area contributed by atoms with Crippen LogP contribution >= 0.6 is 11.3 Å². The summed E-state index contributed by atoms with van der Waals surface area (Å²) in [5, 5.41) is 11.5. The van der Waals surface area contributed by atoms with Crippen molar-refractivity contribution in [2.24, 2.45) is 10.7 Å². The van der Waals surface area contributed by atoms with Crippen LogP contribution in [0.2, 0.25) is 0 Å². The van der Waals surface area contributed by atoms with Crippen LogP contribution in [0.15, 0.2) is 64.6 Å².